The van der Waals surface area contributed by atoms with Crippen molar-refractivity contribution in [3.8, 4) is 0 Å². The van der Waals surface area contributed by atoms with Crippen molar-refractivity contribution in [3.63, 3.8) is 0 Å². The molecule has 1 heterocycles. The first-order valence-corrected chi connectivity index (χ1v) is 5.99. The van der Waals surface area contributed by atoms with E-state index in [0.29, 0.717) is 5.13 Å². The molecular weight excluding hydrogens is 252 g/mol. The van der Waals surface area contributed by atoms with Gasteiger partial charge in [-0.25, -0.2) is 4.98 Å². The summed E-state index contributed by atoms with van der Waals surface area (Å²) >= 11 is 1.26. The highest BCUT2D eigenvalue weighted by atomic mass is 32.1. The number of nitrogens with zero attached hydrogens (tertiary/aromatic N) is 1. The van der Waals surface area contributed by atoms with Crippen molar-refractivity contribution in [2.75, 3.05) is 5.32 Å². The van der Waals surface area contributed by atoms with Gasteiger partial charge >= 0.3 is 0 Å². The van der Waals surface area contributed by atoms with Gasteiger partial charge in [0.05, 0.1) is 5.97 Å². The van der Waals surface area contributed by atoms with Crippen molar-refractivity contribution in [1.29, 1.82) is 0 Å². The van der Waals surface area contributed by atoms with Crippen molar-refractivity contribution in [2.45, 2.75) is 6.92 Å². The van der Waals surface area contributed by atoms with E-state index in [1.807, 2.05) is 0 Å². The fourth-order valence-electron chi connectivity index (χ4n) is 1.47. The minimum absolute atomic E-state index is 0.0743. The summed E-state index contributed by atoms with van der Waals surface area (Å²) in [5.74, 6) is -1.88. The number of aromatic carboxylic acids is 1. The third-order valence-electron chi connectivity index (χ3n) is 2.29. The Balaban J connectivity index is 2.34. The number of carbonyl (C=O) groups excluding carboxylic acids is 2. The summed E-state index contributed by atoms with van der Waals surface area (Å²) < 4.78 is 0. The van der Waals surface area contributed by atoms with Crippen molar-refractivity contribution in [2.24, 2.45) is 0 Å². The molecule has 1 aromatic carbocycles. The van der Waals surface area contributed by atoms with Gasteiger partial charge in [-0.2, -0.15) is 0 Å². The molecule has 0 aliphatic rings. The Morgan fingerprint density at radius 3 is 2.72 bits per heavy atom. The highest BCUT2D eigenvalue weighted by Crippen LogP contribution is 2.16. The molecule has 0 spiro atoms. The van der Waals surface area contributed by atoms with Crippen LogP contribution in [0.3, 0.4) is 0 Å². The molecule has 0 atom stereocenters. The van der Waals surface area contributed by atoms with E-state index in [2.05, 4.69) is 10.3 Å². The maximum Gasteiger partial charge on any atom is 0.258 e. The van der Waals surface area contributed by atoms with Crippen molar-refractivity contribution in [3.05, 3.63) is 46.5 Å². The Kier molecular flexibility index (Phi) is 3.38. The molecule has 6 heteroatoms. The van der Waals surface area contributed by atoms with E-state index in [4.69, 9.17) is 0 Å². The number of aromatic nitrogens is 1. The molecule has 0 radical (unpaired) electrons. The number of benzene rings is 1. The van der Waals surface area contributed by atoms with Crippen LogP contribution in [0.5, 0.6) is 0 Å². The Hall–Kier alpha value is -2.21. The van der Waals surface area contributed by atoms with E-state index in [1.54, 1.807) is 24.6 Å². The maximum atomic E-state index is 12.0. The van der Waals surface area contributed by atoms with E-state index >= 15 is 0 Å². The van der Waals surface area contributed by atoms with Gasteiger partial charge in [-0.3, -0.25) is 10.1 Å². The zero-order chi connectivity index (χ0) is 13.1. The molecule has 0 saturated carbocycles. The number of carbonyl (C=O) groups is 2. The first kappa shape index (κ1) is 12.3. The van der Waals surface area contributed by atoms with Gasteiger partial charge in [-0.1, -0.05) is 17.7 Å². The number of carboxylic acids is 1. The van der Waals surface area contributed by atoms with Crippen molar-refractivity contribution >= 4 is 28.3 Å². The zero-order valence-corrected chi connectivity index (χ0v) is 10.3. The van der Waals surface area contributed by atoms with Gasteiger partial charge in [-0.15, -0.1) is 11.3 Å². The third-order valence-corrected chi connectivity index (χ3v) is 2.98. The van der Waals surface area contributed by atoms with E-state index in [0.717, 1.165) is 5.56 Å². The minimum Gasteiger partial charge on any atom is -0.545 e. The lowest BCUT2D eigenvalue weighted by atomic mass is 10.0. The van der Waals surface area contributed by atoms with E-state index in [-0.39, 0.29) is 11.1 Å². The predicted octanol–water partition coefficient (Wildman–Crippen LogP) is 1.07. The van der Waals surface area contributed by atoms with Gasteiger partial charge < -0.3 is 9.90 Å². The molecule has 0 fully saturated rings. The Labute approximate surface area is 107 Å². The molecule has 0 aliphatic carbocycles. The van der Waals surface area contributed by atoms with Gasteiger partial charge in [0, 0.05) is 22.7 Å². The van der Waals surface area contributed by atoms with Gasteiger partial charge in [-0.05, 0) is 13.0 Å². The molecule has 1 amide bonds. The second kappa shape index (κ2) is 4.97. The summed E-state index contributed by atoms with van der Waals surface area (Å²) in [4.78, 5) is 26.8. The number of hydrogen-bond donors (Lipinski definition) is 1. The SMILES string of the molecule is Cc1ccc(C(=O)[O-])c(C(=O)Nc2nccs2)c1. The number of thiazole rings is 1. The number of aryl methyl sites for hydroxylation is 1. The van der Waals surface area contributed by atoms with Crippen LogP contribution in [0.1, 0.15) is 26.3 Å². The highest BCUT2D eigenvalue weighted by molar-refractivity contribution is 7.13. The van der Waals surface area contributed by atoms with Crippen LogP contribution in [0.15, 0.2) is 29.8 Å². The van der Waals surface area contributed by atoms with Crippen molar-refractivity contribution in [1.82, 2.24) is 4.98 Å². The summed E-state index contributed by atoms with van der Waals surface area (Å²) in [6, 6.07) is 4.49. The Morgan fingerprint density at radius 1 is 1.33 bits per heavy atom. The van der Waals surface area contributed by atoms with Gasteiger partial charge in [0.2, 0.25) is 0 Å². The summed E-state index contributed by atoms with van der Waals surface area (Å²) in [5, 5.41) is 15.6. The van der Waals surface area contributed by atoms with Crippen LogP contribution in [0.4, 0.5) is 5.13 Å². The molecule has 0 unspecified atom stereocenters. The molecule has 5 nitrogen and oxygen atoms in total. The lowest BCUT2D eigenvalue weighted by Crippen LogP contribution is -2.26. The number of nitrogens with one attached hydrogen (secondary N) is 1. The summed E-state index contributed by atoms with van der Waals surface area (Å²) in [6.45, 7) is 1.78. The maximum absolute atomic E-state index is 12.0. The van der Waals surface area contributed by atoms with Crippen LogP contribution in [-0.4, -0.2) is 16.9 Å². The summed E-state index contributed by atoms with van der Waals surface area (Å²) in [7, 11) is 0. The van der Waals surface area contributed by atoms with Crippen LogP contribution in [0.2, 0.25) is 0 Å². The largest absolute Gasteiger partial charge is 0.545 e. The van der Waals surface area contributed by atoms with Gasteiger partial charge in [0.1, 0.15) is 0 Å². The predicted molar refractivity (Wildman–Crippen MR) is 65.6 cm³/mol. The highest BCUT2D eigenvalue weighted by Gasteiger charge is 2.13. The van der Waals surface area contributed by atoms with Crippen LogP contribution >= 0.6 is 11.3 Å². The number of carboxylic acid groups (broad SMARTS) is 1. The molecule has 92 valence electrons. The Morgan fingerprint density at radius 2 is 2.11 bits per heavy atom. The molecule has 0 bridgehead atoms. The first-order valence-electron chi connectivity index (χ1n) is 5.11. The van der Waals surface area contributed by atoms with Crippen LogP contribution in [-0.2, 0) is 0 Å². The fraction of sp³-hybridized carbons (Fsp3) is 0.0833. The normalized spacial score (nSPS) is 10.1. The number of anilines is 1. The van der Waals surface area contributed by atoms with Crippen LogP contribution in [0, 0.1) is 6.92 Å². The average molecular weight is 261 g/mol. The zero-order valence-electron chi connectivity index (χ0n) is 9.47. The molecule has 2 rings (SSSR count). The molecular formula is C12H9N2O3S-. The van der Waals surface area contributed by atoms with Crippen LogP contribution in [0.25, 0.3) is 0 Å². The second-order valence-corrected chi connectivity index (χ2v) is 4.52. The number of hydrogen-bond acceptors (Lipinski definition) is 5. The number of rotatable bonds is 3. The monoisotopic (exact) mass is 261 g/mol. The van der Waals surface area contributed by atoms with Gasteiger partial charge in [0.25, 0.3) is 5.91 Å². The summed E-state index contributed by atoms with van der Waals surface area (Å²) in [6.07, 6.45) is 1.55. The average Bonchev–Trinajstić information content (AvgIpc) is 2.81. The molecule has 1 aromatic heterocycles. The lowest BCUT2D eigenvalue weighted by Gasteiger charge is -2.10. The number of amides is 1. The quantitative estimate of drug-likeness (QED) is 0.895. The fourth-order valence-corrected chi connectivity index (χ4v) is 2.00. The third kappa shape index (κ3) is 2.54. The molecule has 1 N–H and O–H groups in total. The smallest absolute Gasteiger partial charge is 0.258 e. The second-order valence-electron chi connectivity index (χ2n) is 3.63. The Bertz CT molecular complexity index is 593. The lowest BCUT2D eigenvalue weighted by molar-refractivity contribution is -0.255. The van der Waals surface area contributed by atoms with E-state index in [9.17, 15) is 14.7 Å². The molecule has 0 aliphatic heterocycles. The van der Waals surface area contributed by atoms with Crippen molar-refractivity contribution < 1.29 is 14.7 Å². The standard InChI is InChI=1S/C12H10N2O3S/c1-7-2-3-8(11(16)17)9(6-7)10(15)14-12-13-4-5-18-12/h2-6H,1H3,(H,16,17)(H,13,14,15)/p-1. The van der Waals surface area contributed by atoms with E-state index in [1.165, 1.54) is 23.5 Å². The minimum atomic E-state index is -1.38. The molecule has 2 aromatic rings. The van der Waals surface area contributed by atoms with E-state index < -0.39 is 11.9 Å². The van der Waals surface area contributed by atoms with Crippen LogP contribution < -0.4 is 10.4 Å². The molecule has 18 heavy (non-hydrogen) atoms. The van der Waals surface area contributed by atoms with Gasteiger partial charge in [0.15, 0.2) is 5.13 Å². The first-order chi connectivity index (χ1) is 8.58. The topological polar surface area (TPSA) is 82.1 Å². The summed E-state index contributed by atoms with van der Waals surface area (Å²) in [5.41, 5.74) is 0.740. The molecule has 0 saturated heterocycles.